The lowest BCUT2D eigenvalue weighted by Crippen LogP contribution is -2.49. The number of hydrogen-bond donors (Lipinski definition) is 2. The van der Waals surface area contributed by atoms with Crippen LogP contribution in [-0.4, -0.2) is 39.8 Å². The quantitative estimate of drug-likeness (QED) is 0.249. The minimum atomic E-state index is -1.21. The minimum absolute atomic E-state index is 0.121. The molecule has 114 valence electrons. The summed E-state index contributed by atoms with van der Waals surface area (Å²) in [5, 5.41) is 12.3. The number of rotatable bonds is 6. The van der Waals surface area contributed by atoms with Crippen molar-refractivity contribution >= 4 is 17.8 Å². The molecule has 7 nitrogen and oxygen atoms in total. The lowest BCUT2D eigenvalue weighted by atomic mass is 10.2. The minimum Gasteiger partial charge on any atom is -0.436 e. The van der Waals surface area contributed by atoms with Gasteiger partial charge in [-0.3, -0.25) is 14.8 Å². The van der Waals surface area contributed by atoms with Gasteiger partial charge in [0.1, 0.15) is 0 Å². The largest absolute Gasteiger partial charge is 0.436 e. The van der Waals surface area contributed by atoms with Crippen molar-refractivity contribution < 1.29 is 24.3 Å². The van der Waals surface area contributed by atoms with Crippen LogP contribution in [0, 0.1) is 0 Å². The van der Waals surface area contributed by atoms with E-state index in [2.05, 4.69) is 11.9 Å². The summed E-state index contributed by atoms with van der Waals surface area (Å²) in [5.74, 6) is -1.63. The third-order valence-corrected chi connectivity index (χ3v) is 2.36. The smallest absolute Gasteiger partial charge is 0.335 e. The van der Waals surface area contributed by atoms with E-state index in [1.807, 2.05) is 0 Å². The maximum Gasteiger partial charge on any atom is 0.335 e. The highest BCUT2D eigenvalue weighted by Gasteiger charge is 2.27. The molecule has 0 fully saturated rings. The molecule has 1 atom stereocenters. The number of esters is 1. The number of nitrogens with zero attached hydrogens (tertiary/aromatic N) is 1. The van der Waals surface area contributed by atoms with Crippen molar-refractivity contribution in [1.82, 2.24) is 10.4 Å². The van der Waals surface area contributed by atoms with Crippen molar-refractivity contribution in [2.45, 2.75) is 52.8 Å². The Morgan fingerprint density at radius 3 is 2.25 bits per heavy atom. The summed E-state index contributed by atoms with van der Waals surface area (Å²) in [7, 11) is 0. The van der Waals surface area contributed by atoms with Gasteiger partial charge in [-0.25, -0.2) is 9.86 Å². The van der Waals surface area contributed by atoms with Crippen molar-refractivity contribution in [2.24, 2.45) is 0 Å². The fourth-order valence-corrected chi connectivity index (χ4v) is 1.40. The van der Waals surface area contributed by atoms with Crippen molar-refractivity contribution in [1.29, 1.82) is 0 Å². The van der Waals surface area contributed by atoms with Crippen molar-refractivity contribution in [2.75, 3.05) is 0 Å². The summed E-state index contributed by atoms with van der Waals surface area (Å²) in [6, 6.07) is -0.680. The number of hydrogen-bond acceptors (Lipinski definition) is 5. The molecule has 0 aromatic heterocycles. The highest BCUT2D eigenvalue weighted by molar-refractivity contribution is 5.87. The van der Waals surface area contributed by atoms with Gasteiger partial charge in [0.2, 0.25) is 11.8 Å². The molecule has 0 heterocycles. The van der Waals surface area contributed by atoms with Crippen LogP contribution in [0.1, 0.15) is 41.0 Å². The van der Waals surface area contributed by atoms with Crippen LogP contribution < -0.4 is 5.32 Å². The molecule has 0 aromatic carbocycles. The molecule has 20 heavy (non-hydrogen) atoms. The van der Waals surface area contributed by atoms with Crippen LogP contribution in [-0.2, 0) is 19.1 Å². The van der Waals surface area contributed by atoms with Crippen LogP contribution in [0.4, 0.5) is 0 Å². The fraction of sp³-hybridized carbons (Fsp3) is 0.615. The average molecular weight is 286 g/mol. The molecule has 0 radical (unpaired) electrons. The predicted octanol–water partition coefficient (Wildman–Crippen LogP) is 0.974. The highest BCUT2D eigenvalue weighted by atomic mass is 16.6. The summed E-state index contributed by atoms with van der Waals surface area (Å²) in [6.45, 7) is 10.7. The molecule has 7 heteroatoms. The molecule has 2 amide bonds. The van der Waals surface area contributed by atoms with Gasteiger partial charge in [0.25, 0.3) is 0 Å². The molecule has 0 aliphatic heterocycles. The Balaban J connectivity index is 4.48. The van der Waals surface area contributed by atoms with Crippen molar-refractivity contribution in [3.63, 3.8) is 0 Å². The van der Waals surface area contributed by atoms with Gasteiger partial charge in [-0.2, -0.15) is 0 Å². The molecule has 0 aliphatic rings. The number of hydroxylamine groups is 2. The second-order valence-corrected chi connectivity index (χ2v) is 5.15. The standard InChI is InChI=1S/C13H22N2O5/c1-8(2)12(18)20-13(5,6)14-11(17)7-9(3)15(19)10(4)16/h9,19H,1,7H2,2-6H3,(H,14,17). The summed E-state index contributed by atoms with van der Waals surface area (Å²) in [5.41, 5.74) is -0.984. The Bertz CT molecular complexity index is 417. The lowest BCUT2D eigenvalue weighted by Gasteiger charge is -2.28. The van der Waals surface area contributed by atoms with Crippen molar-refractivity contribution in [3.05, 3.63) is 12.2 Å². The van der Waals surface area contributed by atoms with Gasteiger partial charge in [-0.15, -0.1) is 0 Å². The Morgan fingerprint density at radius 1 is 1.35 bits per heavy atom. The average Bonchev–Trinajstić information content (AvgIpc) is 2.25. The Morgan fingerprint density at radius 2 is 1.85 bits per heavy atom. The van der Waals surface area contributed by atoms with Gasteiger partial charge in [0.05, 0.1) is 6.04 Å². The summed E-state index contributed by atoms with van der Waals surface area (Å²) in [6.07, 6.45) is -0.121. The van der Waals surface area contributed by atoms with E-state index in [0.29, 0.717) is 5.06 Å². The van der Waals surface area contributed by atoms with E-state index < -0.39 is 29.6 Å². The number of ether oxygens (including phenoxy) is 1. The first-order chi connectivity index (χ1) is 8.96. The Labute approximate surface area is 118 Å². The summed E-state index contributed by atoms with van der Waals surface area (Å²) < 4.78 is 5.05. The molecule has 0 aliphatic carbocycles. The molecular weight excluding hydrogens is 264 g/mol. The van der Waals surface area contributed by atoms with Crippen LogP contribution in [0.2, 0.25) is 0 Å². The number of carbonyl (C=O) groups is 3. The maximum atomic E-state index is 11.8. The molecule has 0 saturated heterocycles. The van der Waals surface area contributed by atoms with Crippen LogP contribution in [0.25, 0.3) is 0 Å². The van der Waals surface area contributed by atoms with E-state index in [-0.39, 0.29) is 12.0 Å². The highest BCUT2D eigenvalue weighted by Crippen LogP contribution is 2.10. The second kappa shape index (κ2) is 7.04. The first-order valence-corrected chi connectivity index (χ1v) is 6.15. The van der Waals surface area contributed by atoms with Gasteiger partial charge in [0, 0.05) is 18.9 Å². The van der Waals surface area contributed by atoms with Gasteiger partial charge in [0.15, 0.2) is 5.72 Å². The SMILES string of the molecule is C=C(C)C(=O)OC(C)(C)NC(=O)CC(C)N(O)C(C)=O. The molecule has 1 unspecified atom stereocenters. The van der Waals surface area contributed by atoms with E-state index >= 15 is 0 Å². The molecule has 0 saturated carbocycles. The number of carbonyl (C=O) groups excluding carboxylic acids is 3. The van der Waals surface area contributed by atoms with Crippen LogP contribution >= 0.6 is 0 Å². The predicted molar refractivity (Wildman–Crippen MR) is 71.5 cm³/mol. The van der Waals surface area contributed by atoms with E-state index in [1.165, 1.54) is 34.6 Å². The summed E-state index contributed by atoms with van der Waals surface area (Å²) in [4.78, 5) is 34.1. The molecule has 2 N–H and O–H groups in total. The number of amides is 2. The van der Waals surface area contributed by atoms with Gasteiger partial charge in [-0.1, -0.05) is 6.58 Å². The fourth-order valence-electron chi connectivity index (χ4n) is 1.40. The van der Waals surface area contributed by atoms with E-state index in [4.69, 9.17) is 4.74 Å². The van der Waals surface area contributed by atoms with E-state index in [9.17, 15) is 19.6 Å². The van der Waals surface area contributed by atoms with Crippen LogP contribution in [0.3, 0.4) is 0 Å². The zero-order valence-corrected chi connectivity index (χ0v) is 12.5. The first-order valence-electron chi connectivity index (χ1n) is 6.15. The molecule has 0 rings (SSSR count). The van der Waals surface area contributed by atoms with Crippen LogP contribution in [0.5, 0.6) is 0 Å². The Kier molecular flexibility index (Phi) is 6.38. The zero-order valence-electron chi connectivity index (χ0n) is 12.5. The van der Waals surface area contributed by atoms with Gasteiger partial charge < -0.3 is 10.1 Å². The van der Waals surface area contributed by atoms with Gasteiger partial charge in [-0.05, 0) is 27.7 Å². The molecule has 0 aromatic rings. The Hall–Kier alpha value is -1.89. The maximum absolute atomic E-state index is 11.8. The first kappa shape index (κ1) is 18.1. The third kappa shape index (κ3) is 6.33. The summed E-state index contributed by atoms with van der Waals surface area (Å²) >= 11 is 0. The lowest BCUT2D eigenvalue weighted by molar-refractivity contribution is -0.173. The molecule has 0 bridgehead atoms. The zero-order chi connectivity index (χ0) is 16.1. The molecular formula is C13H22N2O5. The van der Waals surface area contributed by atoms with Gasteiger partial charge >= 0.3 is 5.97 Å². The second-order valence-electron chi connectivity index (χ2n) is 5.15. The molecule has 0 spiro atoms. The normalized spacial score (nSPS) is 12.3. The van der Waals surface area contributed by atoms with E-state index in [0.717, 1.165) is 0 Å². The topological polar surface area (TPSA) is 95.9 Å². The monoisotopic (exact) mass is 286 g/mol. The van der Waals surface area contributed by atoms with Crippen molar-refractivity contribution in [3.8, 4) is 0 Å². The van der Waals surface area contributed by atoms with E-state index in [1.54, 1.807) is 0 Å². The third-order valence-electron chi connectivity index (χ3n) is 2.36. The number of nitrogens with one attached hydrogen (secondary N) is 1. The van der Waals surface area contributed by atoms with Crippen LogP contribution in [0.15, 0.2) is 12.2 Å².